The summed E-state index contributed by atoms with van der Waals surface area (Å²) in [5.41, 5.74) is 3.18. The third-order valence-electron chi connectivity index (χ3n) is 8.27. The van der Waals surface area contributed by atoms with E-state index >= 15 is 0 Å². The normalized spacial score (nSPS) is 25.4. The number of carbonyl (C=O) groups excluding carboxylic acids is 2. The topological polar surface area (TPSA) is 71.2 Å². The Morgan fingerprint density at radius 3 is 2.70 bits per heavy atom. The molecule has 0 saturated carbocycles. The van der Waals surface area contributed by atoms with Crippen LogP contribution in [0.1, 0.15) is 17.5 Å². The van der Waals surface area contributed by atoms with Gasteiger partial charge in [0.1, 0.15) is 17.7 Å². The van der Waals surface area contributed by atoms with Gasteiger partial charge in [-0.05, 0) is 43.2 Å². The summed E-state index contributed by atoms with van der Waals surface area (Å²) in [6.45, 7) is 6.63. The van der Waals surface area contributed by atoms with Crippen LogP contribution < -0.4 is 15.5 Å². The minimum absolute atomic E-state index is 0.115. The maximum absolute atomic E-state index is 14.6. The van der Waals surface area contributed by atoms with Crippen molar-refractivity contribution in [1.82, 2.24) is 14.7 Å². The predicted octanol–water partition coefficient (Wildman–Crippen LogP) is 2.88. The minimum atomic E-state index is -0.617. The lowest BCUT2D eigenvalue weighted by atomic mass is 10.1. The van der Waals surface area contributed by atoms with Gasteiger partial charge in [-0.2, -0.15) is 0 Å². The molecular formula is C27H32F2N6O2. The summed E-state index contributed by atoms with van der Waals surface area (Å²) in [5.74, 6) is -1.06. The molecule has 196 valence electrons. The lowest BCUT2D eigenvalue weighted by molar-refractivity contribution is -0.116. The van der Waals surface area contributed by atoms with Crippen molar-refractivity contribution in [3.8, 4) is 0 Å². The molecule has 0 bridgehead atoms. The number of halogens is 2. The molecule has 37 heavy (non-hydrogen) atoms. The van der Waals surface area contributed by atoms with Gasteiger partial charge in [-0.25, -0.2) is 13.6 Å². The van der Waals surface area contributed by atoms with Gasteiger partial charge in [0, 0.05) is 81.4 Å². The number of fused-ring (bicyclic) bond motifs is 2. The molecule has 3 atom stereocenters. The lowest BCUT2D eigenvalue weighted by Gasteiger charge is -2.39. The fourth-order valence-electron chi connectivity index (χ4n) is 6.29. The molecule has 3 fully saturated rings. The number of hydrogen-bond donors (Lipinski definition) is 2. The fourth-order valence-corrected chi connectivity index (χ4v) is 6.29. The molecular weight excluding hydrogens is 478 g/mol. The van der Waals surface area contributed by atoms with Crippen molar-refractivity contribution >= 4 is 29.0 Å². The van der Waals surface area contributed by atoms with Gasteiger partial charge in [-0.15, -0.1) is 0 Å². The average molecular weight is 511 g/mol. The smallest absolute Gasteiger partial charge is 0.320 e. The lowest BCUT2D eigenvalue weighted by Crippen LogP contribution is -2.55. The summed E-state index contributed by atoms with van der Waals surface area (Å²) in [5, 5.41) is 5.95. The van der Waals surface area contributed by atoms with Crippen molar-refractivity contribution < 1.29 is 18.4 Å². The largest absolute Gasteiger partial charge is 0.373 e. The van der Waals surface area contributed by atoms with E-state index in [-0.39, 0.29) is 30.2 Å². The number of hydrogen-bond acceptors (Lipinski definition) is 5. The van der Waals surface area contributed by atoms with E-state index in [1.807, 2.05) is 18.9 Å². The number of nitrogens with zero attached hydrogens (tertiary/aromatic N) is 4. The van der Waals surface area contributed by atoms with Crippen molar-refractivity contribution in [2.75, 3.05) is 61.8 Å². The molecule has 3 saturated heterocycles. The van der Waals surface area contributed by atoms with E-state index in [0.29, 0.717) is 23.0 Å². The third kappa shape index (κ3) is 4.37. The van der Waals surface area contributed by atoms with Crippen LogP contribution in [0.3, 0.4) is 0 Å². The van der Waals surface area contributed by atoms with Crippen LogP contribution >= 0.6 is 0 Å². The summed E-state index contributed by atoms with van der Waals surface area (Å²) in [4.78, 5) is 33.6. The fraction of sp³-hybridized carbons (Fsp3) is 0.481. The van der Waals surface area contributed by atoms with Crippen molar-refractivity contribution in [2.24, 2.45) is 0 Å². The van der Waals surface area contributed by atoms with Gasteiger partial charge in [0.15, 0.2) is 0 Å². The van der Waals surface area contributed by atoms with Gasteiger partial charge in [-0.3, -0.25) is 9.69 Å². The molecule has 6 rings (SSSR count). The average Bonchev–Trinajstić information content (AvgIpc) is 3.60. The van der Waals surface area contributed by atoms with Gasteiger partial charge >= 0.3 is 6.03 Å². The van der Waals surface area contributed by atoms with Crippen LogP contribution in [0.25, 0.3) is 0 Å². The molecule has 8 nitrogen and oxygen atoms in total. The maximum Gasteiger partial charge on any atom is 0.320 e. The van der Waals surface area contributed by atoms with E-state index in [1.165, 1.54) is 18.2 Å². The van der Waals surface area contributed by atoms with Gasteiger partial charge in [0.05, 0.1) is 6.04 Å². The van der Waals surface area contributed by atoms with Crippen LogP contribution in [-0.2, 0) is 11.2 Å². The number of amides is 3. The van der Waals surface area contributed by atoms with Crippen LogP contribution in [0.2, 0.25) is 0 Å². The Hall–Kier alpha value is -3.40. The van der Waals surface area contributed by atoms with Crippen LogP contribution in [0.4, 0.5) is 30.6 Å². The molecule has 2 aromatic rings. The van der Waals surface area contributed by atoms with Crippen LogP contribution in [0.5, 0.6) is 0 Å². The molecule has 4 aliphatic rings. The number of anilines is 3. The van der Waals surface area contributed by atoms with E-state index in [4.69, 9.17) is 0 Å². The summed E-state index contributed by atoms with van der Waals surface area (Å²) >= 11 is 0. The van der Waals surface area contributed by atoms with Crippen molar-refractivity contribution in [2.45, 2.75) is 37.9 Å². The molecule has 0 radical (unpaired) electrons. The molecule has 2 aromatic carbocycles. The van der Waals surface area contributed by atoms with Crippen molar-refractivity contribution in [3.63, 3.8) is 0 Å². The standard InChI is InChI=1S/C27H32F2N6O2/c1-16-3-4-23(29)22-12-24(31-25(16)22)26(36)30-18-9-17(28)10-20(11-18)33-6-5-19(14-33)34-7-8-35-21(15-34)13-32(2)27(35)37/h3-4,9-11,19,21,24,31H,5-8,12-15H2,1-2H3,(H,30,36)/t19-,21-,24?/m1/s1. The van der Waals surface area contributed by atoms with Gasteiger partial charge in [0.2, 0.25) is 5.91 Å². The second-order valence-electron chi connectivity index (χ2n) is 10.7. The van der Waals surface area contributed by atoms with E-state index in [0.717, 1.165) is 56.9 Å². The van der Waals surface area contributed by atoms with Crippen LogP contribution in [0.15, 0.2) is 30.3 Å². The number of carbonyl (C=O) groups is 2. The molecule has 4 aliphatic heterocycles. The number of benzene rings is 2. The summed E-state index contributed by atoms with van der Waals surface area (Å²) in [7, 11) is 1.85. The number of rotatable bonds is 4. The Labute approximate surface area is 215 Å². The van der Waals surface area contributed by atoms with Gasteiger partial charge in [0.25, 0.3) is 0 Å². The summed E-state index contributed by atoms with van der Waals surface area (Å²) < 4.78 is 28.8. The molecule has 4 heterocycles. The quantitative estimate of drug-likeness (QED) is 0.662. The Bertz CT molecular complexity index is 1220. The second-order valence-corrected chi connectivity index (χ2v) is 10.7. The number of aryl methyl sites for hydroxylation is 1. The zero-order valence-corrected chi connectivity index (χ0v) is 21.1. The number of likely N-dealkylation sites (N-methyl/N-ethyl adjacent to an activating group) is 1. The van der Waals surface area contributed by atoms with Crippen molar-refractivity contribution in [3.05, 3.63) is 53.1 Å². The molecule has 0 spiro atoms. The van der Waals surface area contributed by atoms with Gasteiger partial charge in [-0.1, -0.05) is 6.07 Å². The molecule has 0 aliphatic carbocycles. The van der Waals surface area contributed by atoms with Crippen LogP contribution in [-0.4, -0.2) is 91.1 Å². The first kappa shape index (κ1) is 24.0. The first-order chi connectivity index (χ1) is 17.8. The number of nitrogens with one attached hydrogen (secondary N) is 2. The first-order valence-electron chi connectivity index (χ1n) is 12.9. The highest BCUT2D eigenvalue weighted by Crippen LogP contribution is 2.33. The molecule has 2 N–H and O–H groups in total. The molecule has 3 amide bonds. The molecule has 10 heteroatoms. The SMILES string of the molecule is Cc1ccc(F)c2c1NC(C(=O)Nc1cc(F)cc(N3CC[C@@H](N4CCN5C(=O)N(C)C[C@@H]5C4)C3)c1)C2. The summed E-state index contributed by atoms with van der Waals surface area (Å²) in [6, 6.07) is 7.79. The minimum Gasteiger partial charge on any atom is -0.373 e. The summed E-state index contributed by atoms with van der Waals surface area (Å²) in [6.07, 6.45) is 1.21. The second kappa shape index (κ2) is 9.16. The molecule has 0 aromatic heterocycles. The van der Waals surface area contributed by atoms with E-state index in [2.05, 4.69) is 20.4 Å². The Morgan fingerprint density at radius 2 is 1.89 bits per heavy atom. The maximum atomic E-state index is 14.6. The van der Waals surface area contributed by atoms with Gasteiger partial charge < -0.3 is 25.3 Å². The van der Waals surface area contributed by atoms with Crippen LogP contribution in [0, 0.1) is 18.6 Å². The predicted molar refractivity (Wildman–Crippen MR) is 138 cm³/mol. The number of urea groups is 1. The zero-order valence-electron chi connectivity index (χ0n) is 21.1. The highest BCUT2D eigenvalue weighted by Gasteiger charge is 2.41. The highest BCUT2D eigenvalue weighted by atomic mass is 19.1. The van der Waals surface area contributed by atoms with E-state index < -0.39 is 11.9 Å². The Morgan fingerprint density at radius 1 is 1.05 bits per heavy atom. The van der Waals surface area contributed by atoms with E-state index in [9.17, 15) is 18.4 Å². The van der Waals surface area contributed by atoms with Crippen molar-refractivity contribution in [1.29, 1.82) is 0 Å². The number of piperazine rings is 1. The first-order valence-corrected chi connectivity index (χ1v) is 12.9. The Kier molecular flexibility index (Phi) is 5.94. The van der Waals surface area contributed by atoms with E-state index in [1.54, 1.807) is 17.0 Å². The zero-order chi connectivity index (χ0) is 25.8. The monoisotopic (exact) mass is 510 g/mol. The highest BCUT2D eigenvalue weighted by molar-refractivity contribution is 5.98. The Balaban J connectivity index is 1.10. The molecule has 1 unspecified atom stereocenters. The third-order valence-corrected chi connectivity index (χ3v) is 8.27.